The van der Waals surface area contributed by atoms with Gasteiger partial charge in [-0.1, -0.05) is 23.7 Å². The van der Waals surface area contributed by atoms with Crippen LogP contribution in [0.15, 0.2) is 48.5 Å². The number of ether oxygens (including phenoxy) is 2. The molecule has 0 atom stereocenters. The van der Waals surface area contributed by atoms with Gasteiger partial charge in [0.05, 0.1) is 24.3 Å². The van der Waals surface area contributed by atoms with Crippen molar-refractivity contribution in [2.24, 2.45) is 0 Å². The maximum Gasteiger partial charge on any atom is 0.331 e. The third-order valence-electron chi connectivity index (χ3n) is 3.52. The van der Waals surface area contributed by atoms with Crippen molar-refractivity contribution in [3.63, 3.8) is 0 Å². The summed E-state index contributed by atoms with van der Waals surface area (Å²) in [5.74, 6) is -1.85. The van der Waals surface area contributed by atoms with Gasteiger partial charge in [0.15, 0.2) is 6.61 Å². The van der Waals surface area contributed by atoms with Gasteiger partial charge < -0.3 is 9.47 Å². The quantitative estimate of drug-likeness (QED) is 0.426. The number of hydrogen-bond donors (Lipinski definition) is 2. The van der Waals surface area contributed by atoms with Crippen LogP contribution < -0.4 is 15.6 Å². The molecule has 0 heterocycles. The van der Waals surface area contributed by atoms with Crippen LogP contribution in [0.3, 0.4) is 0 Å². The summed E-state index contributed by atoms with van der Waals surface area (Å²) in [5, 5.41) is 9.06. The summed E-state index contributed by atoms with van der Waals surface area (Å²) in [6.07, 6.45) is 2.62. The van der Waals surface area contributed by atoms with E-state index < -0.39 is 24.4 Å². The number of benzene rings is 2. The Morgan fingerprint density at radius 2 is 1.86 bits per heavy atom. The smallest absolute Gasteiger partial charge is 0.331 e. The first-order valence-corrected chi connectivity index (χ1v) is 8.58. The SMILES string of the molecule is COc1ccc(Cl)cc1C(=O)NNC(=O)COC(=O)/C=C/c1ccc(C#N)cc1. The predicted octanol–water partition coefficient (Wildman–Crippen LogP) is 2.24. The second-order valence-electron chi connectivity index (χ2n) is 5.52. The molecule has 0 aliphatic heterocycles. The van der Waals surface area contributed by atoms with Crippen molar-refractivity contribution in [1.29, 1.82) is 5.26 Å². The van der Waals surface area contributed by atoms with Gasteiger partial charge in [0, 0.05) is 11.1 Å². The molecule has 0 unspecified atom stereocenters. The van der Waals surface area contributed by atoms with Gasteiger partial charge in [-0.2, -0.15) is 5.26 Å². The number of esters is 1. The highest BCUT2D eigenvalue weighted by atomic mass is 35.5. The number of hydrogen-bond acceptors (Lipinski definition) is 6. The normalized spacial score (nSPS) is 10.1. The van der Waals surface area contributed by atoms with Crippen LogP contribution in [-0.4, -0.2) is 31.5 Å². The standard InChI is InChI=1S/C20H16ClN3O5/c1-28-17-8-7-15(21)10-16(17)20(27)24-23-18(25)12-29-19(26)9-6-13-2-4-14(11-22)5-3-13/h2-10H,12H2,1H3,(H,23,25)(H,24,27)/b9-6+. The van der Waals surface area contributed by atoms with Crippen molar-refractivity contribution in [2.75, 3.05) is 13.7 Å². The molecule has 2 aromatic rings. The number of nitriles is 1. The molecule has 0 aliphatic carbocycles. The minimum atomic E-state index is -0.743. The van der Waals surface area contributed by atoms with E-state index in [-0.39, 0.29) is 11.3 Å². The number of halogens is 1. The van der Waals surface area contributed by atoms with Crippen molar-refractivity contribution < 1.29 is 23.9 Å². The van der Waals surface area contributed by atoms with Crippen LogP contribution in [0.25, 0.3) is 6.08 Å². The van der Waals surface area contributed by atoms with E-state index in [2.05, 4.69) is 10.9 Å². The summed E-state index contributed by atoms with van der Waals surface area (Å²) in [6.45, 7) is -0.594. The number of nitrogens with zero attached hydrogens (tertiary/aromatic N) is 1. The molecule has 0 fully saturated rings. The lowest BCUT2D eigenvalue weighted by molar-refractivity contribution is -0.144. The van der Waals surface area contributed by atoms with Gasteiger partial charge in [-0.05, 0) is 42.0 Å². The average Bonchev–Trinajstić information content (AvgIpc) is 2.74. The van der Waals surface area contributed by atoms with E-state index in [1.165, 1.54) is 25.3 Å². The zero-order chi connectivity index (χ0) is 21.2. The van der Waals surface area contributed by atoms with Gasteiger partial charge >= 0.3 is 5.97 Å². The van der Waals surface area contributed by atoms with Crippen molar-refractivity contribution in [3.05, 3.63) is 70.3 Å². The fourth-order valence-corrected chi connectivity index (χ4v) is 2.28. The number of hydrazine groups is 1. The first-order valence-electron chi connectivity index (χ1n) is 8.20. The molecule has 2 aromatic carbocycles. The second-order valence-corrected chi connectivity index (χ2v) is 5.96. The average molecular weight is 414 g/mol. The van der Waals surface area contributed by atoms with E-state index in [0.29, 0.717) is 16.1 Å². The number of methoxy groups -OCH3 is 1. The third-order valence-corrected chi connectivity index (χ3v) is 3.75. The molecular weight excluding hydrogens is 398 g/mol. The van der Waals surface area contributed by atoms with E-state index in [9.17, 15) is 14.4 Å². The fourth-order valence-electron chi connectivity index (χ4n) is 2.11. The molecule has 2 rings (SSSR count). The van der Waals surface area contributed by atoms with Crippen LogP contribution in [0.4, 0.5) is 0 Å². The van der Waals surface area contributed by atoms with Gasteiger partial charge in [-0.15, -0.1) is 0 Å². The molecule has 0 saturated carbocycles. The number of amides is 2. The van der Waals surface area contributed by atoms with Crippen LogP contribution in [0.2, 0.25) is 5.02 Å². The number of carbonyl (C=O) groups excluding carboxylic acids is 3. The van der Waals surface area contributed by atoms with Crippen LogP contribution in [0.5, 0.6) is 5.75 Å². The number of carbonyl (C=O) groups is 3. The van der Waals surface area contributed by atoms with Crippen molar-refractivity contribution in [3.8, 4) is 11.8 Å². The third kappa shape index (κ3) is 6.68. The summed E-state index contributed by atoms with van der Waals surface area (Å²) in [5.41, 5.74) is 5.62. The fraction of sp³-hybridized carbons (Fsp3) is 0.100. The maximum absolute atomic E-state index is 12.1. The highest BCUT2D eigenvalue weighted by molar-refractivity contribution is 6.31. The molecule has 0 aromatic heterocycles. The molecule has 2 amide bonds. The first-order chi connectivity index (χ1) is 13.9. The Kier molecular flexibility index (Phi) is 7.77. The van der Waals surface area contributed by atoms with Gasteiger partial charge in [0.25, 0.3) is 11.8 Å². The van der Waals surface area contributed by atoms with Crippen molar-refractivity contribution in [1.82, 2.24) is 10.9 Å². The zero-order valence-electron chi connectivity index (χ0n) is 15.3. The lowest BCUT2D eigenvalue weighted by Gasteiger charge is -2.10. The molecule has 0 bridgehead atoms. The molecule has 0 spiro atoms. The lowest BCUT2D eigenvalue weighted by Crippen LogP contribution is -2.43. The number of nitrogens with one attached hydrogen (secondary N) is 2. The van der Waals surface area contributed by atoms with E-state index >= 15 is 0 Å². The van der Waals surface area contributed by atoms with E-state index in [4.69, 9.17) is 26.3 Å². The molecule has 29 heavy (non-hydrogen) atoms. The molecule has 8 nitrogen and oxygen atoms in total. The zero-order valence-corrected chi connectivity index (χ0v) is 16.0. The first kappa shape index (κ1) is 21.5. The predicted molar refractivity (Wildman–Crippen MR) is 105 cm³/mol. The molecule has 2 N–H and O–H groups in total. The largest absolute Gasteiger partial charge is 0.496 e. The van der Waals surface area contributed by atoms with Gasteiger partial charge in [0.2, 0.25) is 0 Å². The Bertz CT molecular complexity index is 981. The molecular formula is C20H16ClN3O5. The summed E-state index contributed by atoms with van der Waals surface area (Å²) in [7, 11) is 1.39. The minimum Gasteiger partial charge on any atom is -0.496 e. The summed E-state index contributed by atoms with van der Waals surface area (Å²) < 4.78 is 9.84. The minimum absolute atomic E-state index is 0.127. The Balaban J connectivity index is 1.80. The summed E-state index contributed by atoms with van der Waals surface area (Å²) >= 11 is 5.85. The van der Waals surface area contributed by atoms with E-state index in [0.717, 1.165) is 6.08 Å². The van der Waals surface area contributed by atoms with Crippen molar-refractivity contribution >= 4 is 35.5 Å². The highest BCUT2D eigenvalue weighted by Crippen LogP contribution is 2.22. The van der Waals surface area contributed by atoms with Gasteiger partial charge in [0.1, 0.15) is 5.75 Å². The summed E-state index contributed by atoms with van der Waals surface area (Å²) in [4.78, 5) is 35.5. The maximum atomic E-state index is 12.1. The Morgan fingerprint density at radius 1 is 1.14 bits per heavy atom. The molecule has 0 saturated heterocycles. The van der Waals surface area contributed by atoms with Crippen molar-refractivity contribution in [2.45, 2.75) is 0 Å². The summed E-state index contributed by atoms with van der Waals surface area (Å²) in [6, 6.07) is 13.0. The Morgan fingerprint density at radius 3 is 2.52 bits per heavy atom. The van der Waals surface area contributed by atoms with Crippen LogP contribution in [-0.2, 0) is 14.3 Å². The van der Waals surface area contributed by atoms with E-state index in [1.807, 2.05) is 6.07 Å². The lowest BCUT2D eigenvalue weighted by atomic mass is 10.1. The van der Waals surface area contributed by atoms with Crippen LogP contribution in [0.1, 0.15) is 21.5 Å². The second kappa shape index (κ2) is 10.5. The highest BCUT2D eigenvalue weighted by Gasteiger charge is 2.14. The topological polar surface area (TPSA) is 118 Å². The monoisotopic (exact) mass is 413 g/mol. The van der Waals surface area contributed by atoms with Gasteiger partial charge in [-0.3, -0.25) is 20.4 Å². The molecule has 0 aliphatic rings. The Labute approximate surface area is 171 Å². The van der Waals surface area contributed by atoms with Crippen LogP contribution in [0, 0.1) is 11.3 Å². The van der Waals surface area contributed by atoms with Gasteiger partial charge in [-0.25, -0.2) is 4.79 Å². The number of rotatable bonds is 6. The molecule has 148 valence electrons. The molecule has 9 heteroatoms. The van der Waals surface area contributed by atoms with E-state index in [1.54, 1.807) is 30.3 Å². The molecule has 0 radical (unpaired) electrons. The van der Waals surface area contributed by atoms with Crippen LogP contribution >= 0.6 is 11.6 Å². The Hall–Kier alpha value is -3.83.